The van der Waals surface area contributed by atoms with E-state index in [1.165, 1.54) is 5.69 Å². The smallest absolute Gasteiger partial charge is 0.160 e. The SMILES string of the molecule is CCn1ncc(OC)c1C1CCC(Cl)C1. The Morgan fingerprint density at radius 3 is 2.93 bits per heavy atom. The Kier molecular flexibility index (Phi) is 3.19. The molecule has 0 aromatic carbocycles. The molecule has 0 aliphatic heterocycles. The standard InChI is InChI=1S/C11H17ClN2O/c1-3-14-11(10(15-2)7-13-14)8-4-5-9(12)6-8/h7-9H,3-6H2,1-2H3. The van der Waals surface area contributed by atoms with Crippen LogP contribution in [0, 0.1) is 0 Å². The number of aryl methyl sites for hydroxylation is 1. The van der Waals surface area contributed by atoms with Crippen molar-refractivity contribution >= 4 is 11.6 Å². The first-order valence-electron chi connectivity index (χ1n) is 5.50. The summed E-state index contributed by atoms with van der Waals surface area (Å²) >= 11 is 6.14. The highest BCUT2D eigenvalue weighted by Gasteiger charge is 2.29. The Balaban J connectivity index is 2.28. The molecule has 1 aliphatic carbocycles. The molecule has 15 heavy (non-hydrogen) atoms. The first kappa shape index (κ1) is 10.8. The maximum absolute atomic E-state index is 6.14. The van der Waals surface area contributed by atoms with Gasteiger partial charge in [-0.05, 0) is 26.2 Å². The van der Waals surface area contributed by atoms with Crippen LogP contribution in [0.2, 0.25) is 0 Å². The predicted octanol–water partition coefficient (Wildman–Crippen LogP) is 2.79. The number of aromatic nitrogens is 2. The molecule has 0 amide bonds. The van der Waals surface area contributed by atoms with Crippen molar-refractivity contribution in [1.82, 2.24) is 9.78 Å². The molecule has 0 saturated heterocycles. The zero-order chi connectivity index (χ0) is 10.8. The van der Waals surface area contributed by atoms with Gasteiger partial charge in [0, 0.05) is 17.8 Å². The number of alkyl halides is 1. The molecular weight excluding hydrogens is 212 g/mol. The number of nitrogens with zero attached hydrogens (tertiary/aromatic N) is 2. The Labute approximate surface area is 95.4 Å². The molecule has 0 bridgehead atoms. The van der Waals surface area contributed by atoms with Crippen LogP contribution in [-0.4, -0.2) is 22.3 Å². The van der Waals surface area contributed by atoms with Crippen molar-refractivity contribution in [2.75, 3.05) is 7.11 Å². The summed E-state index contributed by atoms with van der Waals surface area (Å²) in [6, 6.07) is 0. The number of methoxy groups -OCH3 is 1. The van der Waals surface area contributed by atoms with Crippen molar-refractivity contribution in [2.45, 2.75) is 44.0 Å². The van der Waals surface area contributed by atoms with E-state index < -0.39 is 0 Å². The zero-order valence-corrected chi connectivity index (χ0v) is 10.00. The normalized spacial score (nSPS) is 25.8. The average Bonchev–Trinajstić information content (AvgIpc) is 2.82. The molecule has 2 unspecified atom stereocenters. The van der Waals surface area contributed by atoms with E-state index in [0.717, 1.165) is 31.6 Å². The summed E-state index contributed by atoms with van der Waals surface area (Å²) in [6.07, 6.45) is 5.10. The van der Waals surface area contributed by atoms with E-state index in [1.54, 1.807) is 13.3 Å². The van der Waals surface area contributed by atoms with E-state index in [4.69, 9.17) is 16.3 Å². The summed E-state index contributed by atoms with van der Waals surface area (Å²) in [4.78, 5) is 0. The van der Waals surface area contributed by atoms with Gasteiger partial charge in [-0.2, -0.15) is 5.10 Å². The lowest BCUT2D eigenvalue weighted by atomic mass is 10.0. The van der Waals surface area contributed by atoms with E-state index in [1.807, 2.05) is 4.68 Å². The van der Waals surface area contributed by atoms with Gasteiger partial charge in [-0.25, -0.2) is 0 Å². The summed E-state index contributed by atoms with van der Waals surface area (Å²) in [5.74, 6) is 1.43. The first-order valence-corrected chi connectivity index (χ1v) is 5.93. The second-order valence-corrected chi connectivity index (χ2v) is 4.64. The van der Waals surface area contributed by atoms with Crippen LogP contribution in [0.25, 0.3) is 0 Å². The fourth-order valence-corrected chi connectivity index (χ4v) is 2.71. The third kappa shape index (κ3) is 1.98. The Morgan fingerprint density at radius 2 is 2.40 bits per heavy atom. The fourth-order valence-electron chi connectivity index (χ4n) is 2.37. The minimum atomic E-state index is 0.319. The van der Waals surface area contributed by atoms with Gasteiger partial charge in [-0.15, -0.1) is 11.6 Å². The molecule has 1 aromatic rings. The van der Waals surface area contributed by atoms with Crippen molar-refractivity contribution in [3.05, 3.63) is 11.9 Å². The molecule has 2 atom stereocenters. The van der Waals surface area contributed by atoms with Gasteiger partial charge < -0.3 is 4.74 Å². The van der Waals surface area contributed by atoms with Crippen molar-refractivity contribution in [2.24, 2.45) is 0 Å². The second kappa shape index (κ2) is 4.44. The Hall–Kier alpha value is -0.700. The third-order valence-corrected chi connectivity index (χ3v) is 3.52. The highest BCUT2D eigenvalue weighted by atomic mass is 35.5. The summed E-state index contributed by atoms with van der Waals surface area (Å²) in [5, 5.41) is 4.64. The monoisotopic (exact) mass is 228 g/mol. The fraction of sp³-hybridized carbons (Fsp3) is 0.727. The van der Waals surface area contributed by atoms with Crippen LogP contribution >= 0.6 is 11.6 Å². The number of rotatable bonds is 3. The van der Waals surface area contributed by atoms with Gasteiger partial charge in [0.05, 0.1) is 19.0 Å². The van der Waals surface area contributed by atoms with Gasteiger partial charge in [0.1, 0.15) is 0 Å². The number of halogens is 1. The van der Waals surface area contributed by atoms with Crippen molar-refractivity contribution in [1.29, 1.82) is 0 Å². The highest BCUT2D eigenvalue weighted by molar-refractivity contribution is 6.20. The largest absolute Gasteiger partial charge is 0.493 e. The van der Waals surface area contributed by atoms with Crippen molar-refractivity contribution in [3.63, 3.8) is 0 Å². The van der Waals surface area contributed by atoms with Crippen LogP contribution in [0.4, 0.5) is 0 Å². The second-order valence-electron chi connectivity index (χ2n) is 4.02. The average molecular weight is 229 g/mol. The van der Waals surface area contributed by atoms with Crippen LogP contribution in [0.5, 0.6) is 5.75 Å². The summed E-state index contributed by atoms with van der Waals surface area (Å²) in [7, 11) is 1.70. The molecule has 1 heterocycles. The van der Waals surface area contributed by atoms with Crippen LogP contribution < -0.4 is 4.74 Å². The molecule has 4 heteroatoms. The van der Waals surface area contributed by atoms with Gasteiger partial charge in [0.15, 0.2) is 5.75 Å². The maximum atomic E-state index is 6.14. The lowest BCUT2D eigenvalue weighted by Crippen LogP contribution is -2.07. The molecule has 0 radical (unpaired) electrons. The zero-order valence-electron chi connectivity index (χ0n) is 9.24. The minimum absolute atomic E-state index is 0.319. The summed E-state index contributed by atoms with van der Waals surface area (Å²) in [6.45, 7) is 2.99. The maximum Gasteiger partial charge on any atom is 0.160 e. The van der Waals surface area contributed by atoms with E-state index in [2.05, 4.69) is 12.0 Å². The predicted molar refractivity (Wildman–Crippen MR) is 60.7 cm³/mol. The van der Waals surface area contributed by atoms with E-state index >= 15 is 0 Å². The van der Waals surface area contributed by atoms with Crippen LogP contribution in [0.3, 0.4) is 0 Å². The Morgan fingerprint density at radius 1 is 1.60 bits per heavy atom. The molecule has 1 aromatic heterocycles. The van der Waals surface area contributed by atoms with Crippen molar-refractivity contribution in [3.8, 4) is 5.75 Å². The summed E-state index contributed by atoms with van der Waals surface area (Å²) in [5.41, 5.74) is 1.23. The Bertz CT molecular complexity index is 316. The molecule has 3 nitrogen and oxygen atoms in total. The first-order chi connectivity index (χ1) is 7.26. The molecule has 1 aliphatic rings. The van der Waals surface area contributed by atoms with E-state index in [9.17, 15) is 0 Å². The summed E-state index contributed by atoms with van der Waals surface area (Å²) < 4.78 is 7.38. The minimum Gasteiger partial charge on any atom is -0.493 e. The van der Waals surface area contributed by atoms with Gasteiger partial charge in [-0.1, -0.05) is 0 Å². The van der Waals surface area contributed by atoms with E-state index in [-0.39, 0.29) is 0 Å². The molecular formula is C11H17ClN2O. The molecule has 1 fully saturated rings. The van der Waals surface area contributed by atoms with Gasteiger partial charge >= 0.3 is 0 Å². The van der Waals surface area contributed by atoms with Crippen LogP contribution in [0.15, 0.2) is 6.20 Å². The lowest BCUT2D eigenvalue weighted by molar-refractivity contribution is 0.401. The van der Waals surface area contributed by atoms with E-state index in [0.29, 0.717) is 11.3 Å². The van der Waals surface area contributed by atoms with Crippen LogP contribution in [0.1, 0.15) is 37.8 Å². The molecule has 1 saturated carbocycles. The van der Waals surface area contributed by atoms with Gasteiger partial charge in [0.2, 0.25) is 0 Å². The number of hydrogen-bond donors (Lipinski definition) is 0. The third-order valence-electron chi connectivity index (χ3n) is 3.12. The van der Waals surface area contributed by atoms with Crippen LogP contribution in [-0.2, 0) is 6.54 Å². The number of ether oxygens (including phenoxy) is 1. The molecule has 0 N–H and O–H groups in total. The molecule has 84 valence electrons. The quantitative estimate of drug-likeness (QED) is 0.744. The lowest BCUT2D eigenvalue weighted by Gasteiger charge is -2.13. The topological polar surface area (TPSA) is 27.1 Å². The van der Waals surface area contributed by atoms with Crippen molar-refractivity contribution < 1.29 is 4.74 Å². The molecule has 0 spiro atoms. The highest BCUT2D eigenvalue weighted by Crippen LogP contribution is 2.40. The number of hydrogen-bond acceptors (Lipinski definition) is 2. The van der Waals surface area contributed by atoms with Gasteiger partial charge in [-0.3, -0.25) is 4.68 Å². The van der Waals surface area contributed by atoms with Gasteiger partial charge in [0.25, 0.3) is 0 Å². The molecule has 2 rings (SSSR count).